The Labute approximate surface area is 218 Å². The van der Waals surface area contributed by atoms with Crippen molar-refractivity contribution in [3.8, 4) is 34.0 Å². The minimum atomic E-state index is -0.616. The van der Waals surface area contributed by atoms with E-state index in [0.717, 1.165) is 11.1 Å². The van der Waals surface area contributed by atoms with Gasteiger partial charge in [0.1, 0.15) is 17.1 Å². The van der Waals surface area contributed by atoms with E-state index in [-0.39, 0.29) is 18.1 Å². The molecule has 1 N–H and O–H groups in total. The van der Waals surface area contributed by atoms with Crippen LogP contribution in [0, 0.1) is 0 Å². The molecule has 2 aromatic carbocycles. The second-order valence-electron chi connectivity index (χ2n) is 9.67. The maximum atomic E-state index is 13.4. The Balaban J connectivity index is 1.17. The number of nitrogens with zero attached hydrogens (tertiary/aromatic N) is 6. The van der Waals surface area contributed by atoms with E-state index in [2.05, 4.69) is 25.7 Å². The van der Waals surface area contributed by atoms with Crippen LogP contribution in [0.2, 0.25) is 0 Å². The molecule has 2 aliphatic heterocycles. The predicted molar refractivity (Wildman–Crippen MR) is 137 cm³/mol. The number of piperidine rings is 1. The zero-order chi connectivity index (χ0) is 26.3. The second-order valence-corrected chi connectivity index (χ2v) is 9.67. The van der Waals surface area contributed by atoms with Gasteiger partial charge in [-0.1, -0.05) is 0 Å². The summed E-state index contributed by atoms with van der Waals surface area (Å²) in [6.45, 7) is 3.40. The molecule has 1 amide bonds. The highest BCUT2D eigenvalue weighted by molar-refractivity contribution is 6.01. The van der Waals surface area contributed by atoms with Crippen LogP contribution in [0.4, 0.5) is 0 Å². The molecule has 0 unspecified atom stereocenters. The number of hydrogen-bond donors (Lipinski definition) is 1. The van der Waals surface area contributed by atoms with Crippen molar-refractivity contribution in [1.82, 2.24) is 35.3 Å². The highest BCUT2D eigenvalue weighted by Crippen LogP contribution is 2.41. The van der Waals surface area contributed by atoms with Crippen LogP contribution >= 0.6 is 0 Å². The molecule has 0 bridgehead atoms. The number of hydrogen-bond acceptors (Lipinski definition) is 8. The fraction of sp³-hybridized carbons (Fsp3) is 0.333. The van der Waals surface area contributed by atoms with Crippen molar-refractivity contribution in [2.24, 2.45) is 7.05 Å². The van der Waals surface area contributed by atoms with Gasteiger partial charge in [0.15, 0.2) is 5.78 Å². The Morgan fingerprint density at radius 2 is 1.97 bits per heavy atom. The van der Waals surface area contributed by atoms with Gasteiger partial charge in [0.2, 0.25) is 5.82 Å². The van der Waals surface area contributed by atoms with Crippen molar-refractivity contribution in [2.45, 2.75) is 31.8 Å². The zero-order valence-electron chi connectivity index (χ0n) is 21.2. The molecule has 0 radical (unpaired) electrons. The Morgan fingerprint density at radius 1 is 1.13 bits per heavy atom. The Hall–Kier alpha value is -4.54. The number of H-pyrrole nitrogens is 1. The highest BCUT2D eigenvalue weighted by atomic mass is 16.5. The van der Waals surface area contributed by atoms with Crippen LogP contribution < -0.4 is 9.47 Å². The van der Waals surface area contributed by atoms with E-state index in [9.17, 15) is 9.59 Å². The second kappa shape index (κ2) is 9.40. The number of amides is 1. The number of nitrogens with one attached hydrogen (secondary N) is 1. The van der Waals surface area contributed by atoms with Crippen LogP contribution in [0.1, 0.15) is 46.9 Å². The van der Waals surface area contributed by atoms with Crippen LogP contribution in [0.25, 0.3) is 22.5 Å². The minimum Gasteiger partial charge on any atom is -0.493 e. The third-order valence-corrected chi connectivity index (χ3v) is 7.20. The third kappa shape index (κ3) is 4.29. The van der Waals surface area contributed by atoms with Gasteiger partial charge in [0, 0.05) is 61.4 Å². The Morgan fingerprint density at radius 3 is 2.68 bits per heavy atom. The molecule has 194 valence electrons. The number of likely N-dealkylation sites (tertiary alicyclic amines) is 1. The lowest BCUT2D eigenvalue weighted by molar-refractivity contribution is -0.00570. The van der Waals surface area contributed by atoms with Crippen molar-refractivity contribution >= 4 is 11.7 Å². The molecule has 0 saturated carbocycles. The van der Waals surface area contributed by atoms with Crippen LogP contribution in [0.3, 0.4) is 0 Å². The van der Waals surface area contributed by atoms with E-state index < -0.39 is 5.60 Å². The van der Waals surface area contributed by atoms with Crippen molar-refractivity contribution < 1.29 is 19.1 Å². The van der Waals surface area contributed by atoms with E-state index in [1.54, 1.807) is 29.1 Å². The molecule has 11 nitrogen and oxygen atoms in total. The summed E-state index contributed by atoms with van der Waals surface area (Å²) in [5.74, 6) is 1.58. The minimum absolute atomic E-state index is 0.0173. The molecule has 1 spiro atoms. The average molecular weight is 514 g/mol. The summed E-state index contributed by atoms with van der Waals surface area (Å²) in [6.07, 6.45) is 5.11. The van der Waals surface area contributed by atoms with Gasteiger partial charge in [-0.3, -0.25) is 14.3 Å². The predicted octanol–water partition coefficient (Wildman–Crippen LogP) is 3.31. The summed E-state index contributed by atoms with van der Waals surface area (Å²) in [5.41, 5.74) is 3.00. The first-order valence-corrected chi connectivity index (χ1v) is 12.6. The number of aromatic amines is 1. The smallest absolute Gasteiger partial charge is 0.253 e. The largest absolute Gasteiger partial charge is 0.493 e. The molecule has 6 rings (SSSR count). The highest BCUT2D eigenvalue weighted by Gasteiger charge is 2.44. The summed E-state index contributed by atoms with van der Waals surface area (Å²) < 4.78 is 14.0. The standard InChI is InChI=1S/C27H27N7O4/c1-3-37-24-13-18(4-6-20(24)19-15-28-33(2)16-19)26(36)34-10-8-27(9-11-34)14-22(35)21-12-17(5-7-23(21)38-27)25-29-31-32-30-25/h4-7,12-13,15-16H,3,8-11,14H2,1-2H3,(H,29,30,31,32). The number of ketones is 1. The first-order chi connectivity index (χ1) is 18.4. The van der Waals surface area contributed by atoms with Gasteiger partial charge in [-0.05, 0) is 48.5 Å². The molecular weight excluding hydrogens is 486 g/mol. The number of ether oxygens (including phenoxy) is 2. The molecular formula is C27H27N7O4. The lowest BCUT2D eigenvalue weighted by Crippen LogP contribution is -2.52. The molecule has 38 heavy (non-hydrogen) atoms. The molecule has 2 aliphatic rings. The van der Waals surface area contributed by atoms with Gasteiger partial charge in [-0.25, -0.2) is 0 Å². The fourth-order valence-corrected chi connectivity index (χ4v) is 5.23. The maximum Gasteiger partial charge on any atom is 0.253 e. The number of benzene rings is 2. The molecule has 4 heterocycles. The number of rotatable bonds is 5. The van der Waals surface area contributed by atoms with E-state index in [4.69, 9.17) is 9.47 Å². The van der Waals surface area contributed by atoms with Gasteiger partial charge < -0.3 is 14.4 Å². The normalized spacial score (nSPS) is 16.3. The number of aromatic nitrogens is 6. The average Bonchev–Trinajstić information content (AvgIpc) is 3.61. The van der Waals surface area contributed by atoms with Crippen molar-refractivity contribution in [3.05, 3.63) is 59.9 Å². The summed E-state index contributed by atoms with van der Waals surface area (Å²) in [6, 6.07) is 10.9. The van der Waals surface area contributed by atoms with Crippen LogP contribution in [0.5, 0.6) is 11.5 Å². The van der Waals surface area contributed by atoms with E-state index in [1.807, 2.05) is 43.3 Å². The summed E-state index contributed by atoms with van der Waals surface area (Å²) >= 11 is 0. The monoisotopic (exact) mass is 513 g/mol. The summed E-state index contributed by atoms with van der Waals surface area (Å²) in [5, 5.41) is 18.2. The SMILES string of the molecule is CCOc1cc(C(=O)N2CCC3(CC2)CC(=O)c2cc(-c4nn[nH]n4)ccc2O3)ccc1-c1cnn(C)c1. The number of Topliss-reactive ketones (excluding diaryl/α,β-unsaturated/α-hetero) is 1. The molecule has 4 aromatic rings. The molecule has 0 atom stereocenters. The first-order valence-electron chi connectivity index (χ1n) is 12.6. The van der Waals surface area contributed by atoms with Crippen molar-refractivity contribution in [3.63, 3.8) is 0 Å². The van der Waals surface area contributed by atoms with Gasteiger partial charge in [-0.2, -0.15) is 10.3 Å². The van der Waals surface area contributed by atoms with E-state index >= 15 is 0 Å². The number of carbonyl (C=O) groups is 2. The zero-order valence-corrected chi connectivity index (χ0v) is 21.2. The van der Waals surface area contributed by atoms with Gasteiger partial charge >= 0.3 is 0 Å². The first kappa shape index (κ1) is 23.8. The molecule has 1 saturated heterocycles. The fourth-order valence-electron chi connectivity index (χ4n) is 5.23. The summed E-state index contributed by atoms with van der Waals surface area (Å²) in [7, 11) is 1.86. The van der Waals surface area contributed by atoms with Gasteiger partial charge in [0.05, 0.1) is 24.8 Å². The number of aryl methyl sites for hydroxylation is 1. The van der Waals surface area contributed by atoms with Gasteiger partial charge in [0.25, 0.3) is 5.91 Å². The van der Waals surface area contributed by atoms with Crippen LogP contribution in [-0.4, -0.2) is 72.3 Å². The van der Waals surface area contributed by atoms with Crippen LogP contribution in [0.15, 0.2) is 48.8 Å². The van der Waals surface area contributed by atoms with E-state index in [1.165, 1.54) is 0 Å². The van der Waals surface area contributed by atoms with Gasteiger partial charge in [-0.15, -0.1) is 10.2 Å². The quantitative estimate of drug-likeness (QED) is 0.431. The molecule has 0 aliphatic carbocycles. The molecule has 2 aromatic heterocycles. The van der Waals surface area contributed by atoms with Crippen molar-refractivity contribution in [2.75, 3.05) is 19.7 Å². The Bertz CT molecular complexity index is 1500. The maximum absolute atomic E-state index is 13.4. The topological polar surface area (TPSA) is 128 Å². The lowest BCUT2D eigenvalue weighted by Gasteiger charge is -2.44. The van der Waals surface area contributed by atoms with Crippen molar-refractivity contribution in [1.29, 1.82) is 0 Å². The summed E-state index contributed by atoms with van der Waals surface area (Å²) in [4.78, 5) is 28.4. The molecule has 1 fully saturated rings. The number of carbonyl (C=O) groups excluding carboxylic acids is 2. The van der Waals surface area contributed by atoms with Crippen LogP contribution in [-0.2, 0) is 7.05 Å². The number of fused-ring (bicyclic) bond motifs is 1. The molecule has 11 heteroatoms. The number of tetrazole rings is 1. The van der Waals surface area contributed by atoms with E-state index in [0.29, 0.717) is 66.6 Å². The third-order valence-electron chi connectivity index (χ3n) is 7.20. The lowest BCUT2D eigenvalue weighted by atomic mass is 9.82. The Kier molecular flexibility index (Phi) is 5.90.